The molecule has 0 radical (unpaired) electrons. The van der Waals surface area contributed by atoms with E-state index in [1.807, 2.05) is 50.2 Å². The lowest BCUT2D eigenvalue weighted by atomic mass is 9.77. The summed E-state index contributed by atoms with van der Waals surface area (Å²) in [7, 11) is -3.75. The standard InChI is InChI=1S/C27H26N2O4S/c1-16-6-7-17(2)25(14-16)29-34(32,33)20-12-13-24-23(15-20)21-4-3-5-22(21)26(28-24)18-8-10-19(11-9-18)27(30)31/h3-4,6-15,21-22,26,28-29H,5H2,1-2H3,(H,30,31)/t21-,22+,26+/m1/s1. The second-order valence-corrected chi connectivity index (χ2v) is 10.8. The van der Waals surface area contributed by atoms with Crippen LogP contribution in [0.2, 0.25) is 0 Å². The zero-order chi connectivity index (χ0) is 24.0. The van der Waals surface area contributed by atoms with Crippen LogP contribution < -0.4 is 10.0 Å². The topological polar surface area (TPSA) is 95.5 Å². The summed E-state index contributed by atoms with van der Waals surface area (Å²) in [6.45, 7) is 3.81. The number of nitrogens with one attached hydrogen (secondary N) is 2. The number of hydrogen-bond donors (Lipinski definition) is 3. The molecule has 3 aromatic carbocycles. The molecule has 174 valence electrons. The first-order valence-corrected chi connectivity index (χ1v) is 12.7. The van der Waals surface area contributed by atoms with Crippen molar-refractivity contribution >= 4 is 27.4 Å². The molecule has 5 rings (SSSR count). The van der Waals surface area contributed by atoms with Crippen molar-refractivity contribution in [3.63, 3.8) is 0 Å². The van der Waals surface area contributed by atoms with E-state index < -0.39 is 16.0 Å². The van der Waals surface area contributed by atoms with Crippen LogP contribution in [0.15, 0.2) is 77.7 Å². The van der Waals surface area contributed by atoms with E-state index >= 15 is 0 Å². The molecule has 3 atom stereocenters. The molecule has 1 aliphatic heterocycles. The third kappa shape index (κ3) is 3.96. The number of carbonyl (C=O) groups is 1. The normalized spacial score (nSPS) is 20.8. The Balaban J connectivity index is 1.47. The zero-order valence-corrected chi connectivity index (χ0v) is 19.8. The Bertz CT molecular complexity index is 1410. The maximum absolute atomic E-state index is 13.2. The highest BCUT2D eigenvalue weighted by Gasteiger charge is 2.38. The van der Waals surface area contributed by atoms with Gasteiger partial charge in [-0.2, -0.15) is 0 Å². The van der Waals surface area contributed by atoms with Crippen LogP contribution >= 0.6 is 0 Å². The van der Waals surface area contributed by atoms with Gasteiger partial charge in [-0.25, -0.2) is 13.2 Å². The van der Waals surface area contributed by atoms with Gasteiger partial charge in [0, 0.05) is 11.6 Å². The van der Waals surface area contributed by atoms with Crippen LogP contribution in [0.25, 0.3) is 0 Å². The molecule has 0 amide bonds. The summed E-state index contributed by atoms with van der Waals surface area (Å²) in [4.78, 5) is 11.5. The minimum absolute atomic E-state index is 0.00544. The molecule has 0 saturated carbocycles. The number of fused-ring (bicyclic) bond motifs is 3. The van der Waals surface area contributed by atoms with Crippen molar-refractivity contribution in [2.75, 3.05) is 10.0 Å². The van der Waals surface area contributed by atoms with Gasteiger partial charge in [-0.3, -0.25) is 4.72 Å². The SMILES string of the molecule is Cc1ccc(C)c(NS(=O)(=O)c2ccc3c(c2)[C@@H]2C=CC[C@@H]2[C@H](c2ccc(C(=O)O)cc2)N3)c1. The smallest absolute Gasteiger partial charge is 0.335 e. The number of benzene rings is 3. The van der Waals surface area contributed by atoms with Crippen LogP contribution in [-0.4, -0.2) is 19.5 Å². The van der Waals surface area contributed by atoms with E-state index in [-0.39, 0.29) is 28.3 Å². The molecule has 3 aromatic rings. The van der Waals surface area contributed by atoms with Crippen LogP contribution in [0.1, 0.15) is 51.0 Å². The number of rotatable bonds is 5. The predicted octanol–water partition coefficient (Wildman–Crippen LogP) is 5.63. The van der Waals surface area contributed by atoms with E-state index in [0.717, 1.165) is 34.4 Å². The monoisotopic (exact) mass is 474 g/mol. The van der Waals surface area contributed by atoms with Gasteiger partial charge in [0.2, 0.25) is 0 Å². The second kappa shape index (κ2) is 8.33. The molecule has 0 unspecified atom stereocenters. The Morgan fingerprint density at radius 1 is 1.03 bits per heavy atom. The summed E-state index contributed by atoms with van der Waals surface area (Å²) in [5.41, 5.74) is 5.56. The van der Waals surface area contributed by atoms with Crippen LogP contribution in [-0.2, 0) is 10.0 Å². The van der Waals surface area contributed by atoms with Crippen molar-refractivity contribution in [1.82, 2.24) is 0 Å². The largest absolute Gasteiger partial charge is 0.478 e. The Kier molecular flexibility index (Phi) is 5.44. The quantitative estimate of drug-likeness (QED) is 0.417. The van der Waals surface area contributed by atoms with Gasteiger partial charge in [0.25, 0.3) is 10.0 Å². The molecule has 0 saturated heterocycles. The number of anilines is 2. The fourth-order valence-electron chi connectivity index (χ4n) is 4.95. The minimum Gasteiger partial charge on any atom is -0.478 e. The van der Waals surface area contributed by atoms with Crippen LogP contribution in [0.3, 0.4) is 0 Å². The van der Waals surface area contributed by atoms with E-state index in [0.29, 0.717) is 5.69 Å². The highest BCUT2D eigenvalue weighted by atomic mass is 32.2. The fourth-order valence-corrected chi connectivity index (χ4v) is 6.11. The molecule has 7 heteroatoms. The van der Waals surface area contributed by atoms with E-state index in [4.69, 9.17) is 0 Å². The maximum Gasteiger partial charge on any atom is 0.335 e. The maximum atomic E-state index is 13.2. The Morgan fingerprint density at radius 3 is 2.53 bits per heavy atom. The zero-order valence-electron chi connectivity index (χ0n) is 18.9. The first-order valence-electron chi connectivity index (χ1n) is 11.2. The Hall–Kier alpha value is -3.58. The third-order valence-corrected chi connectivity index (χ3v) is 8.16. The van der Waals surface area contributed by atoms with Crippen LogP contribution in [0.5, 0.6) is 0 Å². The minimum atomic E-state index is -3.75. The van der Waals surface area contributed by atoms with Gasteiger partial charge in [0.15, 0.2) is 0 Å². The fraction of sp³-hybridized carbons (Fsp3) is 0.222. The summed E-state index contributed by atoms with van der Waals surface area (Å²) in [6.07, 6.45) is 5.15. The number of aromatic carboxylic acids is 1. The summed E-state index contributed by atoms with van der Waals surface area (Å²) in [6, 6.07) is 17.9. The Labute approximate surface area is 199 Å². The van der Waals surface area contributed by atoms with Crippen molar-refractivity contribution in [2.45, 2.75) is 37.1 Å². The molecule has 0 spiro atoms. The molecule has 0 bridgehead atoms. The van der Waals surface area contributed by atoms with Gasteiger partial charge >= 0.3 is 5.97 Å². The van der Waals surface area contributed by atoms with Crippen molar-refractivity contribution in [3.05, 3.63) is 101 Å². The highest BCUT2D eigenvalue weighted by Crippen LogP contribution is 2.50. The predicted molar refractivity (Wildman–Crippen MR) is 133 cm³/mol. The number of carboxylic acids is 1. The molecule has 0 fully saturated rings. The molecular formula is C27H26N2O4S. The number of aryl methyl sites for hydroxylation is 2. The van der Waals surface area contributed by atoms with Gasteiger partial charge in [-0.1, -0.05) is 36.4 Å². The van der Waals surface area contributed by atoms with Gasteiger partial charge < -0.3 is 10.4 Å². The number of hydrogen-bond acceptors (Lipinski definition) is 4. The second-order valence-electron chi connectivity index (χ2n) is 9.08. The average Bonchev–Trinajstić information content (AvgIpc) is 3.31. The summed E-state index contributed by atoms with van der Waals surface area (Å²) >= 11 is 0. The molecule has 6 nitrogen and oxygen atoms in total. The van der Waals surface area contributed by atoms with E-state index in [2.05, 4.69) is 22.2 Å². The van der Waals surface area contributed by atoms with E-state index in [1.54, 1.807) is 24.3 Å². The molecule has 3 N–H and O–H groups in total. The Morgan fingerprint density at radius 2 is 1.79 bits per heavy atom. The van der Waals surface area contributed by atoms with Gasteiger partial charge in [0.1, 0.15) is 0 Å². The lowest BCUT2D eigenvalue weighted by molar-refractivity contribution is 0.0697. The number of carboxylic acid groups (broad SMARTS) is 1. The lowest BCUT2D eigenvalue weighted by Crippen LogP contribution is -2.29. The summed E-state index contributed by atoms with van der Waals surface area (Å²) in [5, 5.41) is 12.8. The highest BCUT2D eigenvalue weighted by molar-refractivity contribution is 7.92. The summed E-state index contributed by atoms with van der Waals surface area (Å²) < 4.78 is 29.2. The lowest BCUT2D eigenvalue weighted by Gasteiger charge is -2.37. The van der Waals surface area contributed by atoms with Crippen LogP contribution in [0.4, 0.5) is 11.4 Å². The van der Waals surface area contributed by atoms with Crippen molar-refractivity contribution in [2.24, 2.45) is 5.92 Å². The third-order valence-electron chi connectivity index (χ3n) is 6.80. The molecular weight excluding hydrogens is 448 g/mol. The number of allylic oxidation sites excluding steroid dienone is 2. The van der Waals surface area contributed by atoms with Gasteiger partial charge in [-0.05, 0) is 84.8 Å². The molecule has 2 aliphatic rings. The van der Waals surface area contributed by atoms with E-state index in [9.17, 15) is 18.3 Å². The molecule has 34 heavy (non-hydrogen) atoms. The average molecular weight is 475 g/mol. The first-order chi connectivity index (χ1) is 16.2. The first kappa shape index (κ1) is 22.2. The van der Waals surface area contributed by atoms with Crippen molar-refractivity contribution in [1.29, 1.82) is 0 Å². The van der Waals surface area contributed by atoms with E-state index in [1.165, 1.54) is 0 Å². The molecule has 0 aromatic heterocycles. The van der Waals surface area contributed by atoms with Crippen molar-refractivity contribution in [3.8, 4) is 0 Å². The molecule has 1 heterocycles. The van der Waals surface area contributed by atoms with Gasteiger partial charge in [0.05, 0.1) is 22.2 Å². The van der Waals surface area contributed by atoms with Gasteiger partial charge in [-0.15, -0.1) is 0 Å². The van der Waals surface area contributed by atoms with Crippen molar-refractivity contribution < 1.29 is 18.3 Å². The van der Waals surface area contributed by atoms with Crippen LogP contribution in [0, 0.1) is 19.8 Å². The summed E-state index contributed by atoms with van der Waals surface area (Å²) in [5.74, 6) is -0.651. The number of sulfonamides is 1. The molecule has 1 aliphatic carbocycles.